The molecule has 2 aliphatic carbocycles. The second kappa shape index (κ2) is 7.02. The fourth-order valence-corrected chi connectivity index (χ4v) is 8.05. The van der Waals surface area contributed by atoms with Gasteiger partial charge in [0.1, 0.15) is 0 Å². The van der Waals surface area contributed by atoms with Crippen LogP contribution < -0.4 is 0 Å². The summed E-state index contributed by atoms with van der Waals surface area (Å²) in [5, 5.41) is 0. The summed E-state index contributed by atoms with van der Waals surface area (Å²) >= 11 is -1.69. The Bertz CT molecular complexity index is 439. The first-order valence-electron chi connectivity index (χ1n) is 5.55. The molecule has 0 aromatic rings. The van der Waals surface area contributed by atoms with Crippen LogP contribution >= 0.6 is 24.8 Å². The normalized spacial score (nSPS) is 21.7. The topological polar surface area (TPSA) is 0 Å². The fourth-order valence-electron chi connectivity index (χ4n) is 2.39. The second-order valence-corrected chi connectivity index (χ2v) is 9.80. The molecule has 0 aliphatic heterocycles. The molecule has 0 nitrogen and oxygen atoms in total. The third kappa shape index (κ3) is 3.63. The summed E-state index contributed by atoms with van der Waals surface area (Å²) in [4.78, 5) is 0. The summed E-state index contributed by atoms with van der Waals surface area (Å²) in [5.74, 6) is 0.652. The number of allylic oxidation sites excluding steroid dienone is 8. The van der Waals surface area contributed by atoms with Crippen LogP contribution in [0, 0.1) is 5.92 Å². The van der Waals surface area contributed by atoms with E-state index >= 15 is 0 Å². The van der Waals surface area contributed by atoms with Gasteiger partial charge in [-0.2, -0.15) is 0 Å². The van der Waals surface area contributed by atoms with Crippen LogP contribution in [0.4, 0.5) is 0 Å². The van der Waals surface area contributed by atoms with Gasteiger partial charge in [0.2, 0.25) is 0 Å². The van der Waals surface area contributed by atoms with Crippen LogP contribution in [0.1, 0.15) is 27.2 Å². The first-order chi connectivity index (χ1) is 7.09. The van der Waals surface area contributed by atoms with Crippen molar-refractivity contribution < 1.29 is 21.3 Å². The fraction of sp³-hybridized carbons (Fsp3) is 0.357. The minimum absolute atomic E-state index is 0. The van der Waals surface area contributed by atoms with Crippen molar-refractivity contribution in [3.63, 3.8) is 0 Å². The number of halogens is 2. The van der Waals surface area contributed by atoms with E-state index in [9.17, 15) is 0 Å². The van der Waals surface area contributed by atoms with Crippen LogP contribution in [0.5, 0.6) is 0 Å². The second-order valence-electron chi connectivity index (χ2n) is 4.54. The summed E-state index contributed by atoms with van der Waals surface area (Å²) in [7, 11) is 0. The summed E-state index contributed by atoms with van der Waals surface area (Å²) in [6.07, 6.45) is 10.5. The minimum atomic E-state index is -1.69. The van der Waals surface area contributed by atoms with Crippen molar-refractivity contribution in [2.75, 3.05) is 0 Å². The molecule has 94 valence electrons. The molecular formula is C14H20Cl2Zr. The van der Waals surface area contributed by atoms with Crippen molar-refractivity contribution in [3.8, 4) is 0 Å². The Hall–Kier alpha value is 0.293. The molecule has 3 heteroatoms. The van der Waals surface area contributed by atoms with Gasteiger partial charge in [-0.15, -0.1) is 24.8 Å². The molecule has 0 heterocycles. The van der Waals surface area contributed by atoms with E-state index in [4.69, 9.17) is 0 Å². The summed E-state index contributed by atoms with van der Waals surface area (Å²) in [6.45, 7) is 6.75. The van der Waals surface area contributed by atoms with Gasteiger partial charge in [-0.25, -0.2) is 0 Å². The molecular weight excluding hydrogens is 330 g/mol. The molecule has 0 saturated heterocycles. The molecule has 1 atom stereocenters. The van der Waals surface area contributed by atoms with E-state index in [1.54, 1.807) is 6.56 Å². The molecule has 17 heavy (non-hydrogen) atoms. The first kappa shape index (κ1) is 17.3. The van der Waals surface area contributed by atoms with E-state index in [2.05, 4.69) is 49.3 Å². The molecule has 0 saturated carbocycles. The molecule has 0 fully saturated rings. The van der Waals surface area contributed by atoms with Crippen LogP contribution in [0.15, 0.2) is 42.0 Å². The van der Waals surface area contributed by atoms with Crippen molar-refractivity contribution in [1.29, 1.82) is 0 Å². The third-order valence-corrected chi connectivity index (χ3v) is 9.72. The van der Waals surface area contributed by atoms with Crippen LogP contribution in [-0.2, 0) is 21.3 Å². The first-order valence-corrected chi connectivity index (χ1v) is 9.75. The van der Waals surface area contributed by atoms with Crippen LogP contribution in [-0.4, -0.2) is 4.21 Å². The van der Waals surface area contributed by atoms with Crippen LogP contribution in [0.3, 0.4) is 0 Å². The van der Waals surface area contributed by atoms with Gasteiger partial charge in [0, 0.05) is 0 Å². The molecule has 0 radical (unpaired) electrons. The van der Waals surface area contributed by atoms with E-state index in [1.165, 1.54) is 17.6 Å². The maximum absolute atomic E-state index is 4.53. The van der Waals surface area contributed by atoms with Crippen molar-refractivity contribution in [2.24, 2.45) is 5.92 Å². The number of hydrogen-bond acceptors (Lipinski definition) is 0. The molecule has 0 N–H and O–H groups in total. The van der Waals surface area contributed by atoms with Gasteiger partial charge < -0.3 is 0 Å². The monoisotopic (exact) mass is 348 g/mol. The van der Waals surface area contributed by atoms with Crippen LogP contribution in [0.25, 0.3) is 0 Å². The van der Waals surface area contributed by atoms with Gasteiger partial charge in [0.15, 0.2) is 0 Å². The van der Waals surface area contributed by atoms with Gasteiger partial charge in [-0.05, 0) is 0 Å². The Morgan fingerprint density at radius 1 is 1.29 bits per heavy atom. The van der Waals surface area contributed by atoms with E-state index in [0.717, 1.165) is 0 Å². The summed E-state index contributed by atoms with van der Waals surface area (Å²) in [6, 6.07) is 0. The SMILES string of the molecule is Cl.Cl.[CH2]=[Zr]([C]1=CC(C)=CC1)[C]1=C(C)C=CC1C. The van der Waals surface area contributed by atoms with Gasteiger partial charge in [-0.1, -0.05) is 0 Å². The van der Waals surface area contributed by atoms with Gasteiger partial charge >= 0.3 is 101 Å². The zero-order valence-corrected chi connectivity index (χ0v) is 14.7. The number of hydrogen-bond donors (Lipinski definition) is 0. The molecule has 2 rings (SSSR count). The predicted octanol–water partition coefficient (Wildman–Crippen LogP) is 4.59. The van der Waals surface area contributed by atoms with Crippen molar-refractivity contribution in [2.45, 2.75) is 27.2 Å². The zero-order valence-electron chi connectivity index (χ0n) is 10.6. The predicted molar refractivity (Wildman–Crippen MR) is 79.1 cm³/mol. The van der Waals surface area contributed by atoms with Gasteiger partial charge in [-0.3, -0.25) is 0 Å². The van der Waals surface area contributed by atoms with Crippen molar-refractivity contribution in [3.05, 3.63) is 42.0 Å². The molecule has 0 amide bonds. The quantitative estimate of drug-likeness (QED) is 0.683. The Morgan fingerprint density at radius 3 is 2.35 bits per heavy atom. The molecule has 0 aromatic heterocycles. The Morgan fingerprint density at radius 2 is 1.94 bits per heavy atom. The summed E-state index contributed by atoms with van der Waals surface area (Å²) in [5.41, 5.74) is 2.93. The van der Waals surface area contributed by atoms with Crippen molar-refractivity contribution >= 4 is 29.0 Å². The zero-order chi connectivity index (χ0) is 11.0. The van der Waals surface area contributed by atoms with Gasteiger partial charge in [0.05, 0.1) is 0 Å². The average molecular weight is 350 g/mol. The molecule has 0 aromatic carbocycles. The molecule has 0 spiro atoms. The molecule has 1 unspecified atom stereocenters. The Balaban J connectivity index is 0.00000128. The molecule has 0 bridgehead atoms. The van der Waals surface area contributed by atoms with E-state index < -0.39 is 21.3 Å². The maximum atomic E-state index is 4.53. The van der Waals surface area contributed by atoms with E-state index in [1.807, 2.05) is 0 Å². The van der Waals surface area contributed by atoms with E-state index in [-0.39, 0.29) is 24.8 Å². The van der Waals surface area contributed by atoms with Crippen LogP contribution in [0.2, 0.25) is 0 Å². The number of rotatable bonds is 2. The van der Waals surface area contributed by atoms with Gasteiger partial charge in [0.25, 0.3) is 0 Å². The standard InChI is InChI=1S/C7H9.C6H7.CH2.2ClH.Zr/c1-6-3-4-7(2)5-6;1-6-4-2-3-5-6;;;;/h3-4,6H,1-2H3;4-5H,2H2,1H3;1H2;2*1H;. The Kier molecular flexibility index (Phi) is 7.14. The third-order valence-electron chi connectivity index (χ3n) is 3.27. The Labute approximate surface area is 125 Å². The average Bonchev–Trinajstić information content (AvgIpc) is 2.73. The van der Waals surface area contributed by atoms with Crippen molar-refractivity contribution in [1.82, 2.24) is 0 Å². The summed E-state index contributed by atoms with van der Waals surface area (Å²) < 4.78 is 7.90. The van der Waals surface area contributed by atoms with E-state index in [0.29, 0.717) is 5.92 Å². The molecule has 2 aliphatic rings.